The molecule has 1 heterocycles. The molecule has 1 aliphatic rings. The number of nitrogens with two attached hydrogens (primary N) is 1. The number of aliphatic hydroxyl groups excluding tert-OH is 1. The number of aliphatic hydroxyl groups is 1. The van der Waals surface area contributed by atoms with Crippen LogP contribution in [0, 0.1) is 0 Å². The molecule has 1 saturated heterocycles. The maximum Gasteiger partial charge on any atom is 0.262 e. The zero-order valence-corrected chi connectivity index (χ0v) is 5.49. The summed E-state index contributed by atoms with van der Waals surface area (Å²) >= 11 is 0. The van der Waals surface area contributed by atoms with Crippen LogP contribution in [0.4, 0.5) is 0 Å². The van der Waals surface area contributed by atoms with Crippen LogP contribution in [-0.2, 0) is 9.53 Å². The van der Waals surface area contributed by atoms with E-state index < -0.39 is 0 Å². The monoisotopic (exact) mass is 146 g/mol. The van der Waals surface area contributed by atoms with Crippen molar-refractivity contribution in [2.75, 3.05) is 19.8 Å². The van der Waals surface area contributed by atoms with Gasteiger partial charge in [0, 0.05) is 0 Å². The molecule has 5 heteroatoms. The van der Waals surface area contributed by atoms with Gasteiger partial charge in [0.05, 0.1) is 19.3 Å². The summed E-state index contributed by atoms with van der Waals surface area (Å²) in [4.78, 5) is 10.7. The maximum atomic E-state index is 10.7. The highest BCUT2D eigenvalue weighted by atomic mass is 16.5. The Labute approximate surface area is 58.3 Å². The lowest BCUT2D eigenvalue weighted by Gasteiger charge is -2.29. The molecule has 5 nitrogen and oxygen atoms in total. The third-order valence-corrected chi connectivity index (χ3v) is 1.43. The molecule has 1 fully saturated rings. The summed E-state index contributed by atoms with van der Waals surface area (Å²) in [5.74, 6) is 4.99. The van der Waals surface area contributed by atoms with Crippen molar-refractivity contribution in [3.8, 4) is 0 Å². The first kappa shape index (κ1) is 7.46. The van der Waals surface area contributed by atoms with Crippen LogP contribution >= 0.6 is 0 Å². The molecule has 58 valence electrons. The van der Waals surface area contributed by atoms with E-state index in [-0.39, 0.29) is 25.2 Å². The molecule has 1 atom stereocenters. The van der Waals surface area contributed by atoms with Gasteiger partial charge in [-0.2, -0.15) is 0 Å². The van der Waals surface area contributed by atoms with Gasteiger partial charge in [-0.3, -0.25) is 9.80 Å². The second kappa shape index (κ2) is 2.96. The molecule has 1 rings (SSSR count). The predicted octanol–water partition coefficient (Wildman–Crippen LogP) is -1.92. The van der Waals surface area contributed by atoms with E-state index in [0.29, 0.717) is 6.61 Å². The van der Waals surface area contributed by atoms with Crippen LogP contribution in [0.3, 0.4) is 0 Å². The van der Waals surface area contributed by atoms with Gasteiger partial charge >= 0.3 is 0 Å². The zero-order chi connectivity index (χ0) is 7.56. The fourth-order valence-corrected chi connectivity index (χ4v) is 0.781. The Bertz CT molecular complexity index is 139. The molecule has 3 N–H and O–H groups in total. The first-order valence-corrected chi connectivity index (χ1v) is 3.01. The quantitative estimate of drug-likeness (QED) is 0.334. The molecule has 0 saturated carbocycles. The van der Waals surface area contributed by atoms with Crippen LogP contribution in [0.1, 0.15) is 0 Å². The second-order valence-electron chi connectivity index (χ2n) is 2.15. The van der Waals surface area contributed by atoms with Crippen molar-refractivity contribution in [2.45, 2.75) is 6.04 Å². The van der Waals surface area contributed by atoms with Crippen molar-refractivity contribution in [2.24, 2.45) is 5.84 Å². The Morgan fingerprint density at radius 2 is 2.60 bits per heavy atom. The Morgan fingerprint density at radius 3 is 3.10 bits per heavy atom. The van der Waals surface area contributed by atoms with Crippen LogP contribution in [0.25, 0.3) is 0 Å². The van der Waals surface area contributed by atoms with Crippen molar-refractivity contribution in [1.82, 2.24) is 5.01 Å². The number of ether oxygens (including phenoxy) is 1. The molecule has 10 heavy (non-hydrogen) atoms. The summed E-state index contributed by atoms with van der Waals surface area (Å²) in [5, 5.41) is 9.64. The van der Waals surface area contributed by atoms with Gasteiger partial charge in [-0.1, -0.05) is 0 Å². The molecule has 0 radical (unpaired) electrons. The molecule has 0 aliphatic carbocycles. The van der Waals surface area contributed by atoms with E-state index >= 15 is 0 Å². The van der Waals surface area contributed by atoms with Gasteiger partial charge in [-0.25, -0.2) is 5.84 Å². The molecule has 0 aromatic rings. The van der Waals surface area contributed by atoms with Gasteiger partial charge in [0.25, 0.3) is 5.91 Å². The van der Waals surface area contributed by atoms with Crippen LogP contribution in [0.15, 0.2) is 0 Å². The van der Waals surface area contributed by atoms with Crippen molar-refractivity contribution in [1.29, 1.82) is 0 Å². The minimum Gasteiger partial charge on any atom is -0.394 e. The van der Waals surface area contributed by atoms with E-state index in [0.717, 1.165) is 5.01 Å². The Kier molecular flexibility index (Phi) is 2.21. The smallest absolute Gasteiger partial charge is 0.262 e. The fourth-order valence-electron chi connectivity index (χ4n) is 0.781. The van der Waals surface area contributed by atoms with E-state index in [1.54, 1.807) is 0 Å². The van der Waals surface area contributed by atoms with Gasteiger partial charge in [0.2, 0.25) is 0 Å². The normalized spacial score (nSPS) is 27.2. The van der Waals surface area contributed by atoms with Crippen LogP contribution in [0.2, 0.25) is 0 Å². The number of amides is 1. The van der Waals surface area contributed by atoms with Crippen molar-refractivity contribution in [3.63, 3.8) is 0 Å². The van der Waals surface area contributed by atoms with Crippen LogP contribution in [-0.4, -0.2) is 41.9 Å². The molecule has 0 bridgehead atoms. The third-order valence-electron chi connectivity index (χ3n) is 1.43. The molecule has 1 unspecified atom stereocenters. The number of morpholine rings is 1. The minimum atomic E-state index is -0.374. The van der Waals surface area contributed by atoms with Crippen molar-refractivity contribution >= 4 is 5.91 Å². The van der Waals surface area contributed by atoms with Gasteiger partial charge in [0.15, 0.2) is 0 Å². The fraction of sp³-hybridized carbons (Fsp3) is 0.800. The summed E-state index contributed by atoms with van der Waals surface area (Å²) in [6, 6.07) is -0.374. The highest BCUT2D eigenvalue weighted by molar-refractivity contribution is 5.77. The summed E-state index contributed by atoms with van der Waals surface area (Å²) in [6.45, 7) is 0.188. The van der Waals surface area contributed by atoms with E-state index in [4.69, 9.17) is 15.7 Å². The molecule has 1 aliphatic heterocycles. The van der Waals surface area contributed by atoms with Gasteiger partial charge < -0.3 is 9.84 Å². The minimum absolute atomic E-state index is 0.0208. The standard InChI is InChI=1S/C5H10N2O3/c6-7-4(1-8)2-10-3-5(7)9/h4,8H,1-3,6H2. The van der Waals surface area contributed by atoms with E-state index in [1.807, 2.05) is 0 Å². The Hall–Kier alpha value is -0.650. The number of hydrazine groups is 1. The number of carbonyl (C=O) groups excluding carboxylic acids is 1. The van der Waals surface area contributed by atoms with E-state index in [1.165, 1.54) is 0 Å². The number of hydrogen-bond donors (Lipinski definition) is 2. The van der Waals surface area contributed by atoms with E-state index in [2.05, 4.69) is 0 Å². The maximum absolute atomic E-state index is 10.7. The van der Waals surface area contributed by atoms with Crippen LogP contribution in [0.5, 0.6) is 0 Å². The number of carbonyl (C=O) groups is 1. The van der Waals surface area contributed by atoms with Crippen molar-refractivity contribution in [3.05, 3.63) is 0 Å². The molecule has 0 aromatic carbocycles. The highest BCUT2D eigenvalue weighted by Gasteiger charge is 2.24. The van der Waals surface area contributed by atoms with Gasteiger partial charge in [0.1, 0.15) is 6.61 Å². The number of nitrogens with zero attached hydrogens (tertiary/aromatic N) is 1. The SMILES string of the molecule is NN1C(=O)COCC1CO. The summed E-state index contributed by atoms with van der Waals surface area (Å²) in [5.41, 5.74) is 0. The second-order valence-corrected chi connectivity index (χ2v) is 2.15. The third kappa shape index (κ3) is 1.26. The topological polar surface area (TPSA) is 75.8 Å². The van der Waals surface area contributed by atoms with Gasteiger partial charge in [-0.15, -0.1) is 0 Å². The lowest BCUT2D eigenvalue weighted by Crippen LogP contribution is -2.54. The average molecular weight is 146 g/mol. The zero-order valence-electron chi connectivity index (χ0n) is 5.49. The summed E-state index contributed by atoms with van der Waals surface area (Å²) < 4.78 is 4.82. The van der Waals surface area contributed by atoms with Gasteiger partial charge in [-0.05, 0) is 0 Å². The number of rotatable bonds is 1. The Balaban J connectivity index is 2.51. The lowest BCUT2D eigenvalue weighted by molar-refractivity contribution is -0.150. The summed E-state index contributed by atoms with van der Waals surface area (Å²) in [7, 11) is 0. The molecule has 0 spiro atoms. The lowest BCUT2D eigenvalue weighted by atomic mass is 10.3. The van der Waals surface area contributed by atoms with Crippen LogP contribution < -0.4 is 5.84 Å². The largest absolute Gasteiger partial charge is 0.394 e. The molecular weight excluding hydrogens is 136 g/mol. The van der Waals surface area contributed by atoms with E-state index in [9.17, 15) is 4.79 Å². The number of hydrogen-bond acceptors (Lipinski definition) is 4. The van der Waals surface area contributed by atoms with Crippen molar-refractivity contribution < 1.29 is 14.6 Å². The first-order chi connectivity index (χ1) is 4.75. The molecule has 0 aromatic heterocycles. The molecule has 1 amide bonds. The Morgan fingerprint density at radius 1 is 1.90 bits per heavy atom. The predicted molar refractivity (Wildman–Crippen MR) is 32.7 cm³/mol. The highest BCUT2D eigenvalue weighted by Crippen LogP contribution is 2.01. The average Bonchev–Trinajstić information content (AvgIpc) is 1.95. The summed E-state index contributed by atoms with van der Waals surface area (Å²) in [6.07, 6.45) is 0. The molecular formula is C5H10N2O3. The first-order valence-electron chi connectivity index (χ1n) is 3.01.